The SMILES string of the molecule is CCCCOc1ccc(C=CC(=O)Nc2ccccc2F)cc1OC. The van der Waals surface area contributed by atoms with E-state index in [0.29, 0.717) is 18.1 Å². The van der Waals surface area contributed by atoms with Gasteiger partial charge in [-0.25, -0.2) is 4.39 Å². The molecule has 0 fully saturated rings. The molecule has 2 rings (SSSR count). The fraction of sp³-hybridized carbons (Fsp3) is 0.250. The third kappa shape index (κ3) is 5.64. The molecule has 0 saturated heterocycles. The molecule has 1 amide bonds. The number of ether oxygens (including phenoxy) is 2. The molecule has 2 aromatic rings. The van der Waals surface area contributed by atoms with Gasteiger partial charge in [0.25, 0.3) is 0 Å². The van der Waals surface area contributed by atoms with Crippen LogP contribution in [0.2, 0.25) is 0 Å². The summed E-state index contributed by atoms with van der Waals surface area (Å²) in [6, 6.07) is 11.4. The Morgan fingerprint density at radius 1 is 1.20 bits per heavy atom. The van der Waals surface area contributed by atoms with Crippen molar-refractivity contribution in [2.24, 2.45) is 0 Å². The number of unbranched alkanes of at least 4 members (excludes halogenated alkanes) is 1. The number of hydrogen-bond donors (Lipinski definition) is 1. The van der Waals surface area contributed by atoms with E-state index in [1.165, 1.54) is 18.2 Å². The molecule has 0 unspecified atom stereocenters. The van der Waals surface area contributed by atoms with Crippen LogP contribution in [0.25, 0.3) is 6.08 Å². The number of hydrogen-bond acceptors (Lipinski definition) is 3. The molecule has 0 saturated carbocycles. The number of amides is 1. The molecule has 0 radical (unpaired) electrons. The molecule has 0 aromatic heterocycles. The van der Waals surface area contributed by atoms with Crippen LogP contribution in [0.1, 0.15) is 25.3 Å². The monoisotopic (exact) mass is 343 g/mol. The minimum absolute atomic E-state index is 0.148. The molecule has 4 nitrogen and oxygen atoms in total. The lowest BCUT2D eigenvalue weighted by atomic mass is 10.2. The summed E-state index contributed by atoms with van der Waals surface area (Å²) in [7, 11) is 1.57. The van der Waals surface area contributed by atoms with Gasteiger partial charge in [0, 0.05) is 6.08 Å². The normalized spacial score (nSPS) is 10.7. The van der Waals surface area contributed by atoms with Crippen molar-refractivity contribution in [2.45, 2.75) is 19.8 Å². The maximum atomic E-state index is 13.5. The Morgan fingerprint density at radius 3 is 2.72 bits per heavy atom. The van der Waals surface area contributed by atoms with E-state index in [0.717, 1.165) is 18.4 Å². The van der Waals surface area contributed by atoms with Gasteiger partial charge >= 0.3 is 0 Å². The maximum Gasteiger partial charge on any atom is 0.248 e. The number of methoxy groups -OCH3 is 1. The molecule has 132 valence electrons. The van der Waals surface area contributed by atoms with Crippen molar-refractivity contribution in [1.82, 2.24) is 0 Å². The van der Waals surface area contributed by atoms with E-state index in [1.807, 2.05) is 12.1 Å². The topological polar surface area (TPSA) is 47.6 Å². The number of rotatable bonds is 8. The minimum Gasteiger partial charge on any atom is -0.493 e. The van der Waals surface area contributed by atoms with Crippen LogP contribution in [0.4, 0.5) is 10.1 Å². The van der Waals surface area contributed by atoms with Gasteiger partial charge in [0.05, 0.1) is 19.4 Å². The Labute approximate surface area is 147 Å². The first kappa shape index (κ1) is 18.5. The Balaban J connectivity index is 2.02. The molecular formula is C20H22FNO3. The quantitative estimate of drug-likeness (QED) is 0.560. The second-order valence-electron chi connectivity index (χ2n) is 5.41. The second-order valence-corrected chi connectivity index (χ2v) is 5.41. The summed E-state index contributed by atoms with van der Waals surface area (Å²) in [4.78, 5) is 11.9. The number of benzene rings is 2. The van der Waals surface area contributed by atoms with Gasteiger partial charge in [-0.05, 0) is 42.3 Å². The van der Waals surface area contributed by atoms with Crippen LogP contribution < -0.4 is 14.8 Å². The van der Waals surface area contributed by atoms with Crippen molar-refractivity contribution in [2.75, 3.05) is 19.0 Å². The number of anilines is 1. The van der Waals surface area contributed by atoms with E-state index >= 15 is 0 Å². The maximum absolute atomic E-state index is 13.5. The van der Waals surface area contributed by atoms with Gasteiger partial charge < -0.3 is 14.8 Å². The van der Waals surface area contributed by atoms with E-state index in [1.54, 1.807) is 31.4 Å². The average molecular weight is 343 g/mol. The van der Waals surface area contributed by atoms with Crippen molar-refractivity contribution in [3.63, 3.8) is 0 Å². The van der Waals surface area contributed by atoms with Crippen molar-refractivity contribution >= 4 is 17.7 Å². The first-order valence-corrected chi connectivity index (χ1v) is 8.18. The summed E-state index contributed by atoms with van der Waals surface area (Å²) < 4.78 is 24.5. The van der Waals surface area contributed by atoms with Gasteiger partial charge in [-0.1, -0.05) is 31.5 Å². The Morgan fingerprint density at radius 2 is 2.00 bits per heavy atom. The largest absolute Gasteiger partial charge is 0.493 e. The zero-order chi connectivity index (χ0) is 18.1. The molecule has 0 spiro atoms. The summed E-state index contributed by atoms with van der Waals surface area (Å²) in [6.45, 7) is 2.73. The summed E-state index contributed by atoms with van der Waals surface area (Å²) >= 11 is 0. The highest BCUT2D eigenvalue weighted by molar-refractivity contribution is 6.02. The molecule has 5 heteroatoms. The van der Waals surface area contributed by atoms with Crippen LogP contribution in [-0.4, -0.2) is 19.6 Å². The predicted molar refractivity (Wildman–Crippen MR) is 97.5 cm³/mol. The van der Waals surface area contributed by atoms with Gasteiger partial charge in [0.1, 0.15) is 5.82 Å². The molecule has 0 atom stereocenters. The van der Waals surface area contributed by atoms with E-state index in [4.69, 9.17) is 9.47 Å². The Kier molecular flexibility index (Phi) is 7.01. The van der Waals surface area contributed by atoms with E-state index in [2.05, 4.69) is 12.2 Å². The predicted octanol–water partition coefficient (Wildman–Crippen LogP) is 4.67. The van der Waals surface area contributed by atoms with Gasteiger partial charge in [0.2, 0.25) is 5.91 Å². The standard InChI is InChI=1S/C20H22FNO3/c1-3-4-13-25-18-11-9-15(14-19(18)24-2)10-12-20(23)22-17-8-6-5-7-16(17)21/h5-12,14H,3-4,13H2,1-2H3,(H,22,23). The van der Waals surface area contributed by atoms with Crippen LogP contribution in [-0.2, 0) is 4.79 Å². The molecule has 0 aliphatic heterocycles. The molecule has 0 bridgehead atoms. The number of nitrogens with one attached hydrogen (secondary N) is 1. The average Bonchev–Trinajstić information content (AvgIpc) is 2.62. The lowest BCUT2D eigenvalue weighted by Crippen LogP contribution is -2.09. The third-order valence-electron chi connectivity index (χ3n) is 3.50. The van der Waals surface area contributed by atoms with E-state index in [9.17, 15) is 9.18 Å². The van der Waals surface area contributed by atoms with Gasteiger partial charge in [-0.15, -0.1) is 0 Å². The Hall–Kier alpha value is -2.82. The first-order valence-electron chi connectivity index (χ1n) is 8.18. The first-order chi connectivity index (χ1) is 12.1. The fourth-order valence-corrected chi connectivity index (χ4v) is 2.14. The molecular weight excluding hydrogens is 321 g/mol. The van der Waals surface area contributed by atoms with Gasteiger partial charge in [-0.2, -0.15) is 0 Å². The zero-order valence-electron chi connectivity index (χ0n) is 14.4. The number of carbonyl (C=O) groups excluding carboxylic acids is 1. The van der Waals surface area contributed by atoms with Crippen LogP contribution in [0.5, 0.6) is 11.5 Å². The Bertz CT molecular complexity index is 743. The summed E-state index contributed by atoms with van der Waals surface area (Å²) in [5.41, 5.74) is 0.928. The highest BCUT2D eigenvalue weighted by Crippen LogP contribution is 2.28. The molecule has 0 heterocycles. The molecule has 1 N–H and O–H groups in total. The van der Waals surface area contributed by atoms with Crippen LogP contribution in [0.3, 0.4) is 0 Å². The van der Waals surface area contributed by atoms with Crippen molar-refractivity contribution in [3.05, 3.63) is 59.9 Å². The van der Waals surface area contributed by atoms with Crippen LogP contribution in [0.15, 0.2) is 48.5 Å². The highest BCUT2D eigenvalue weighted by atomic mass is 19.1. The number of para-hydroxylation sites is 1. The smallest absolute Gasteiger partial charge is 0.248 e. The van der Waals surface area contributed by atoms with Crippen molar-refractivity contribution in [3.8, 4) is 11.5 Å². The number of halogens is 1. The molecule has 0 aliphatic carbocycles. The van der Waals surface area contributed by atoms with E-state index in [-0.39, 0.29) is 5.69 Å². The molecule has 0 aliphatic rings. The number of carbonyl (C=O) groups is 1. The molecule has 25 heavy (non-hydrogen) atoms. The van der Waals surface area contributed by atoms with Crippen molar-refractivity contribution < 1.29 is 18.7 Å². The lowest BCUT2D eigenvalue weighted by Gasteiger charge is -2.11. The van der Waals surface area contributed by atoms with Crippen molar-refractivity contribution in [1.29, 1.82) is 0 Å². The summed E-state index contributed by atoms with van der Waals surface area (Å²) in [5.74, 6) is 0.392. The summed E-state index contributed by atoms with van der Waals surface area (Å²) in [6.07, 6.45) is 5.01. The van der Waals surface area contributed by atoms with Gasteiger partial charge in [-0.3, -0.25) is 4.79 Å². The van der Waals surface area contributed by atoms with Gasteiger partial charge in [0.15, 0.2) is 11.5 Å². The highest BCUT2D eigenvalue weighted by Gasteiger charge is 2.06. The van der Waals surface area contributed by atoms with Crippen LogP contribution in [0, 0.1) is 5.82 Å². The fourth-order valence-electron chi connectivity index (χ4n) is 2.14. The molecule has 2 aromatic carbocycles. The third-order valence-corrected chi connectivity index (χ3v) is 3.50. The lowest BCUT2D eigenvalue weighted by molar-refractivity contribution is -0.111. The van der Waals surface area contributed by atoms with E-state index < -0.39 is 11.7 Å². The van der Waals surface area contributed by atoms with Crippen LogP contribution >= 0.6 is 0 Å². The second kappa shape index (κ2) is 9.47. The zero-order valence-corrected chi connectivity index (χ0v) is 14.4. The summed E-state index contributed by atoms with van der Waals surface area (Å²) in [5, 5.41) is 2.50. The minimum atomic E-state index is -0.473.